The Kier molecular flexibility index (Phi) is 5.43. The molecule has 1 atom stereocenters. The van der Waals surface area contributed by atoms with E-state index in [4.69, 9.17) is 16.3 Å². The van der Waals surface area contributed by atoms with Crippen LogP contribution in [-0.4, -0.2) is 37.6 Å². The van der Waals surface area contributed by atoms with E-state index in [1.807, 2.05) is 6.92 Å². The Morgan fingerprint density at radius 1 is 1.53 bits per heavy atom. The summed E-state index contributed by atoms with van der Waals surface area (Å²) in [6.07, 6.45) is 0. The van der Waals surface area contributed by atoms with E-state index in [0.29, 0.717) is 17.2 Å². The van der Waals surface area contributed by atoms with Crippen LogP contribution in [0, 0.1) is 0 Å². The molecule has 1 unspecified atom stereocenters. The molecule has 0 saturated carbocycles. The molecule has 1 aromatic carbocycles. The van der Waals surface area contributed by atoms with Gasteiger partial charge in [0.15, 0.2) is 0 Å². The molecule has 0 aliphatic rings. The lowest BCUT2D eigenvalue weighted by molar-refractivity contribution is 0.0633. The first-order valence-corrected chi connectivity index (χ1v) is 6.35. The molecule has 0 spiro atoms. The number of ether oxygens (including phenoxy) is 1. The van der Waals surface area contributed by atoms with Gasteiger partial charge >= 0.3 is 0 Å². The SMILES string of the molecule is COCC(C)N(C)C(=O)c1cc(Cl)cc(Br)c1. The van der Waals surface area contributed by atoms with Crippen LogP contribution in [0.15, 0.2) is 22.7 Å². The van der Waals surface area contributed by atoms with Crippen molar-refractivity contribution in [1.29, 1.82) is 0 Å². The van der Waals surface area contributed by atoms with Gasteiger partial charge in [-0.2, -0.15) is 0 Å². The maximum atomic E-state index is 12.2. The molecular weight excluding hydrogens is 305 g/mol. The Hall–Kier alpha value is -0.580. The number of hydrogen-bond acceptors (Lipinski definition) is 2. The van der Waals surface area contributed by atoms with E-state index < -0.39 is 0 Å². The first kappa shape index (κ1) is 14.5. The Balaban J connectivity index is 2.88. The predicted molar refractivity (Wildman–Crippen MR) is 72.6 cm³/mol. The fraction of sp³-hybridized carbons (Fsp3) is 0.417. The van der Waals surface area contributed by atoms with Gasteiger partial charge in [0.25, 0.3) is 5.91 Å². The second-order valence-corrected chi connectivity index (χ2v) is 5.23. The van der Waals surface area contributed by atoms with E-state index in [9.17, 15) is 4.79 Å². The van der Waals surface area contributed by atoms with Crippen molar-refractivity contribution in [3.8, 4) is 0 Å². The molecular formula is C12H15BrClNO2. The quantitative estimate of drug-likeness (QED) is 0.852. The highest BCUT2D eigenvalue weighted by atomic mass is 79.9. The maximum absolute atomic E-state index is 12.2. The monoisotopic (exact) mass is 319 g/mol. The van der Waals surface area contributed by atoms with Crippen LogP contribution in [-0.2, 0) is 4.74 Å². The summed E-state index contributed by atoms with van der Waals surface area (Å²) in [5.41, 5.74) is 0.565. The Labute approximate surface area is 115 Å². The normalized spacial score (nSPS) is 12.3. The zero-order chi connectivity index (χ0) is 13.0. The molecule has 5 heteroatoms. The van der Waals surface area contributed by atoms with Crippen molar-refractivity contribution in [2.45, 2.75) is 13.0 Å². The number of benzene rings is 1. The molecule has 1 amide bonds. The number of hydrogen-bond donors (Lipinski definition) is 0. The van der Waals surface area contributed by atoms with E-state index in [1.54, 1.807) is 37.3 Å². The van der Waals surface area contributed by atoms with Gasteiger partial charge < -0.3 is 9.64 Å². The van der Waals surface area contributed by atoms with Crippen LogP contribution in [0.5, 0.6) is 0 Å². The van der Waals surface area contributed by atoms with E-state index in [2.05, 4.69) is 15.9 Å². The minimum Gasteiger partial charge on any atom is -0.383 e. The Morgan fingerprint density at radius 3 is 2.71 bits per heavy atom. The lowest BCUT2D eigenvalue weighted by atomic mass is 10.2. The molecule has 0 bridgehead atoms. The summed E-state index contributed by atoms with van der Waals surface area (Å²) in [5, 5.41) is 0.538. The third-order valence-electron chi connectivity index (χ3n) is 2.50. The third-order valence-corrected chi connectivity index (χ3v) is 3.17. The van der Waals surface area contributed by atoms with Crippen LogP contribution in [0.3, 0.4) is 0 Å². The van der Waals surface area contributed by atoms with Gasteiger partial charge in [-0.05, 0) is 25.1 Å². The van der Waals surface area contributed by atoms with Crippen LogP contribution in [0.25, 0.3) is 0 Å². The Bertz CT molecular complexity index is 391. The van der Waals surface area contributed by atoms with Gasteiger partial charge in [-0.3, -0.25) is 4.79 Å². The zero-order valence-corrected chi connectivity index (χ0v) is 12.4. The molecule has 1 rings (SSSR count). The molecule has 0 aliphatic heterocycles. The first-order valence-electron chi connectivity index (χ1n) is 5.18. The number of amides is 1. The topological polar surface area (TPSA) is 29.5 Å². The molecule has 0 aliphatic carbocycles. The van der Waals surface area contributed by atoms with Crippen LogP contribution >= 0.6 is 27.5 Å². The highest BCUT2D eigenvalue weighted by Gasteiger charge is 2.17. The summed E-state index contributed by atoms with van der Waals surface area (Å²) in [6, 6.07) is 5.18. The molecule has 0 saturated heterocycles. The summed E-state index contributed by atoms with van der Waals surface area (Å²) >= 11 is 9.23. The zero-order valence-electron chi connectivity index (χ0n) is 10.0. The largest absolute Gasteiger partial charge is 0.383 e. The van der Waals surface area contributed by atoms with Gasteiger partial charge in [-0.15, -0.1) is 0 Å². The molecule has 1 aromatic rings. The highest BCUT2D eigenvalue weighted by molar-refractivity contribution is 9.10. The number of carbonyl (C=O) groups is 1. The van der Waals surface area contributed by atoms with Crippen LogP contribution in [0.2, 0.25) is 5.02 Å². The summed E-state index contributed by atoms with van der Waals surface area (Å²) < 4.78 is 5.82. The van der Waals surface area contributed by atoms with Crippen molar-refractivity contribution in [2.75, 3.05) is 20.8 Å². The number of halogens is 2. The van der Waals surface area contributed by atoms with Gasteiger partial charge in [0.1, 0.15) is 0 Å². The first-order chi connectivity index (χ1) is 7.95. The minimum absolute atomic E-state index is 0.0188. The fourth-order valence-corrected chi connectivity index (χ4v) is 2.29. The Morgan fingerprint density at radius 2 is 2.18 bits per heavy atom. The summed E-state index contributed by atoms with van der Waals surface area (Å²) in [7, 11) is 3.37. The van der Waals surface area contributed by atoms with E-state index in [0.717, 1.165) is 4.47 Å². The summed E-state index contributed by atoms with van der Waals surface area (Å²) in [5.74, 6) is -0.0715. The molecule has 3 nitrogen and oxygen atoms in total. The van der Waals surface area contributed by atoms with E-state index >= 15 is 0 Å². The second-order valence-electron chi connectivity index (χ2n) is 3.88. The number of rotatable bonds is 4. The lowest BCUT2D eigenvalue weighted by Crippen LogP contribution is -2.37. The third kappa shape index (κ3) is 3.98. The van der Waals surface area contributed by atoms with Gasteiger partial charge in [-0.1, -0.05) is 27.5 Å². The average Bonchev–Trinajstić information content (AvgIpc) is 2.26. The average molecular weight is 321 g/mol. The van der Waals surface area contributed by atoms with Crippen molar-refractivity contribution < 1.29 is 9.53 Å². The van der Waals surface area contributed by atoms with Crippen molar-refractivity contribution in [1.82, 2.24) is 4.90 Å². The standard InChI is InChI=1S/C12H15BrClNO2/c1-8(7-17-3)15(2)12(16)9-4-10(13)6-11(14)5-9/h4-6,8H,7H2,1-3H3. The summed E-state index contributed by atoms with van der Waals surface area (Å²) in [6.45, 7) is 2.44. The lowest BCUT2D eigenvalue weighted by Gasteiger charge is -2.24. The van der Waals surface area contributed by atoms with Gasteiger partial charge in [0, 0.05) is 29.2 Å². The number of nitrogens with zero attached hydrogens (tertiary/aromatic N) is 1. The smallest absolute Gasteiger partial charge is 0.254 e. The molecule has 94 valence electrons. The molecule has 0 heterocycles. The van der Waals surface area contributed by atoms with E-state index in [1.165, 1.54) is 0 Å². The minimum atomic E-state index is -0.0715. The molecule has 0 aromatic heterocycles. The van der Waals surface area contributed by atoms with Gasteiger partial charge in [0.05, 0.1) is 12.6 Å². The second kappa shape index (κ2) is 6.38. The van der Waals surface area contributed by atoms with Crippen molar-refractivity contribution in [2.24, 2.45) is 0 Å². The molecule has 0 radical (unpaired) electrons. The number of methoxy groups -OCH3 is 1. The van der Waals surface area contributed by atoms with E-state index in [-0.39, 0.29) is 11.9 Å². The molecule has 17 heavy (non-hydrogen) atoms. The predicted octanol–water partition coefficient (Wildman–Crippen LogP) is 3.21. The number of carbonyl (C=O) groups excluding carboxylic acids is 1. The molecule has 0 fully saturated rings. The van der Waals surface area contributed by atoms with Crippen molar-refractivity contribution in [3.05, 3.63) is 33.3 Å². The van der Waals surface area contributed by atoms with Gasteiger partial charge in [-0.25, -0.2) is 0 Å². The highest BCUT2D eigenvalue weighted by Crippen LogP contribution is 2.20. The fourth-order valence-electron chi connectivity index (χ4n) is 1.43. The van der Waals surface area contributed by atoms with Crippen molar-refractivity contribution in [3.63, 3.8) is 0 Å². The van der Waals surface area contributed by atoms with Crippen LogP contribution in [0.4, 0.5) is 0 Å². The van der Waals surface area contributed by atoms with Crippen LogP contribution in [0.1, 0.15) is 17.3 Å². The molecule has 0 N–H and O–H groups in total. The van der Waals surface area contributed by atoms with Gasteiger partial charge in [0.2, 0.25) is 0 Å². The van der Waals surface area contributed by atoms with Crippen LogP contribution < -0.4 is 0 Å². The number of likely N-dealkylation sites (N-methyl/N-ethyl adjacent to an activating group) is 1. The van der Waals surface area contributed by atoms with Crippen molar-refractivity contribution >= 4 is 33.4 Å². The summed E-state index contributed by atoms with van der Waals surface area (Å²) in [4.78, 5) is 13.8. The maximum Gasteiger partial charge on any atom is 0.254 e.